The Labute approximate surface area is 130 Å². The smallest absolute Gasteiger partial charge is 0.161 e. The van der Waals surface area contributed by atoms with E-state index >= 15 is 0 Å². The van der Waals surface area contributed by atoms with Gasteiger partial charge >= 0.3 is 0 Å². The van der Waals surface area contributed by atoms with Crippen LogP contribution in [0.4, 0.5) is 0 Å². The molecule has 0 spiro atoms. The van der Waals surface area contributed by atoms with Crippen LogP contribution in [0.25, 0.3) is 0 Å². The van der Waals surface area contributed by atoms with Crippen LogP contribution in [0.15, 0.2) is 52.3 Å². The first kappa shape index (κ1) is 15.7. The van der Waals surface area contributed by atoms with Crippen LogP contribution in [0.3, 0.4) is 0 Å². The second-order valence-electron chi connectivity index (χ2n) is 5.11. The molecule has 0 atom stereocenters. The Bertz CT molecular complexity index is 599. The average molecular weight is 304 g/mol. The van der Waals surface area contributed by atoms with Crippen molar-refractivity contribution in [3.8, 4) is 11.5 Å². The fourth-order valence-corrected chi connectivity index (χ4v) is 3.11. The third-order valence-electron chi connectivity index (χ3n) is 3.10. The van der Waals surface area contributed by atoms with Gasteiger partial charge in [-0.1, -0.05) is 30.0 Å². The van der Waals surface area contributed by atoms with Gasteiger partial charge in [0.05, 0.1) is 28.3 Å². The lowest BCUT2D eigenvalue weighted by Crippen LogP contribution is -3.04. The van der Waals surface area contributed by atoms with Crippen LogP contribution >= 0.6 is 11.8 Å². The highest BCUT2D eigenvalue weighted by Gasteiger charge is 2.09. The molecule has 1 N–H and O–H groups in total. The van der Waals surface area contributed by atoms with Gasteiger partial charge in [-0.2, -0.15) is 0 Å². The van der Waals surface area contributed by atoms with Crippen molar-refractivity contribution in [1.29, 1.82) is 0 Å². The van der Waals surface area contributed by atoms with Gasteiger partial charge in [0.1, 0.15) is 6.54 Å². The number of rotatable bonds is 6. The summed E-state index contributed by atoms with van der Waals surface area (Å²) in [6, 6.07) is 14.6. The number of quaternary nitrogens is 1. The number of benzene rings is 2. The first-order valence-electron chi connectivity index (χ1n) is 6.91. The van der Waals surface area contributed by atoms with Crippen molar-refractivity contribution in [3.63, 3.8) is 0 Å². The van der Waals surface area contributed by atoms with E-state index in [4.69, 9.17) is 9.47 Å². The first-order valence-corrected chi connectivity index (χ1v) is 7.72. The Hall–Kier alpha value is -1.65. The standard InChI is InChI=1S/C17H21NO2S/c1-18(2)12-13-7-5-6-8-17(13)21-14-9-10-15(19-3)16(11-14)20-4/h5-11H,12H2,1-4H3/p+1. The molecule has 2 aromatic rings. The van der Waals surface area contributed by atoms with Crippen LogP contribution < -0.4 is 14.4 Å². The highest BCUT2D eigenvalue weighted by molar-refractivity contribution is 7.99. The molecular formula is C17H22NO2S+. The van der Waals surface area contributed by atoms with E-state index in [-0.39, 0.29) is 0 Å². The lowest BCUT2D eigenvalue weighted by Gasteiger charge is -2.13. The van der Waals surface area contributed by atoms with E-state index in [9.17, 15) is 0 Å². The second kappa shape index (κ2) is 7.38. The lowest BCUT2D eigenvalue weighted by atomic mass is 10.2. The Kier molecular flexibility index (Phi) is 5.53. The second-order valence-corrected chi connectivity index (χ2v) is 6.23. The van der Waals surface area contributed by atoms with Crippen molar-refractivity contribution in [2.75, 3.05) is 28.3 Å². The zero-order chi connectivity index (χ0) is 15.2. The fraction of sp³-hybridized carbons (Fsp3) is 0.294. The molecule has 3 nitrogen and oxygen atoms in total. The molecule has 0 fully saturated rings. The van der Waals surface area contributed by atoms with Gasteiger partial charge in [0, 0.05) is 15.4 Å². The van der Waals surface area contributed by atoms with Crippen molar-refractivity contribution in [1.82, 2.24) is 0 Å². The van der Waals surface area contributed by atoms with Crippen LogP contribution in [0.5, 0.6) is 11.5 Å². The van der Waals surface area contributed by atoms with Crippen LogP contribution in [-0.4, -0.2) is 28.3 Å². The summed E-state index contributed by atoms with van der Waals surface area (Å²) >= 11 is 1.76. The Morgan fingerprint density at radius 2 is 1.67 bits per heavy atom. The summed E-state index contributed by atoms with van der Waals surface area (Å²) in [5, 5.41) is 0. The van der Waals surface area contributed by atoms with Gasteiger partial charge in [0.25, 0.3) is 0 Å². The Morgan fingerprint density at radius 3 is 2.33 bits per heavy atom. The van der Waals surface area contributed by atoms with Crippen molar-refractivity contribution in [2.45, 2.75) is 16.3 Å². The Morgan fingerprint density at radius 1 is 0.952 bits per heavy atom. The molecule has 0 saturated carbocycles. The van der Waals surface area contributed by atoms with Crippen molar-refractivity contribution >= 4 is 11.8 Å². The zero-order valence-corrected chi connectivity index (χ0v) is 13.8. The highest BCUT2D eigenvalue weighted by atomic mass is 32.2. The number of hydrogen-bond acceptors (Lipinski definition) is 3. The molecule has 4 heteroatoms. The van der Waals surface area contributed by atoms with E-state index in [2.05, 4.69) is 44.4 Å². The van der Waals surface area contributed by atoms with E-state index in [0.717, 1.165) is 22.9 Å². The summed E-state index contributed by atoms with van der Waals surface area (Å²) in [6.45, 7) is 1.01. The summed E-state index contributed by atoms with van der Waals surface area (Å²) in [5.74, 6) is 1.52. The molecule has 2 rings (SSSR count). The minimum Gasteiger partial charge on any atom is -0.493 e. The van der Waals surface area contributed by atoms with Gasteiger partial charge < -0.3 is 14.4 Å². The van der Waals surface area contributed by atoms with Gasteiger partial charge in [-0.3, -0.25) is 0 Å². The number of hydrogen-bond donors (Lipinski definition) is 1. The van der Waals surface area contributed by atoms with Gasteiger partial charge in [-0.05, 0) is 24.3 Å². The minimum absolute atomic E-state index is 0.757. The van der Waals surface area contributed by atoms with Crippen molar-refractivity contribution in [3.05, 3.63) is 48.0 Å². The quantitative estimate of drug-likeness (QED) is 0.887. The van der Waals surface area contributed by atoms with E-state index in [1.54, 1.807) is 26.0 Å². The van der Waals surface area contributed by atoms with E-state index in [1.165, 1.54) is 15.4 Å². The average Bonchev–Trinajstić information content (AvgIpc) is 2.48. The molecule has 2 aromatic carbocycles. The zero-order valence-electron chi connectivity index (χ0n) is 13.0. The monoisotopic (exact) mass is 304 g/mol. The van der Waals surface area contributed by atoms with E-state index in [1.807, 2.05) is 12.1 Å². The SMILES string of the molecule is COc1ccc(Sc2ccccc2C[NH+](C)C)cc1OC. The first-order chi connectivity index (χ1) is 10.1. The molecule has 0 unspecified atom stereocenters. The molecule has 21 heavy (non-hydrogen) atoms. The molecular weight excluding hydrogens is 282 g/mol. The van der Waals surface area contributed by atoms with Crippen molar-refractivity contribution < 1.29 is 14.4 Å². The predicted molar refractivity (Wildman–Crippen MR) is 86.6 cm³/mol. The summed E-state index contributed by atoms with van der Waals surface area (Å²) < 4.78 is 10.6. The summed E-state index contributed by atoms with van der Waals surface area (Å²) in [5.41, 5.74) is 1.36. The molecule has 0 amide bonds. The third-order valence-corrected chi connectivity index (χ3v) is 4.21. The maximum Gasteiger partial charge on any atom is 0.161 e. The van der Waals surface area contributed by atoms with Gasteiger partial charge in [-0.15, -0.1) is 0 Å². The van der Waals surface area contributed by atoms with Gasteiger partial charge in [-0.25, -0.2) is 0 Å². The van der Waals surface area contributed by atoms with Gasteiger partial charge in [0.15, 0.2) is 11.5 Å². The van der Waals surface area contributed by atoms with Crippen LogP contribution in [0.1, 0.15) is 5.56 Å². The largest absolute Gasteiger partial charge is 0.493 e. The van der Waals surface area contributed by atoms with E-state index < -0.39 is 0 Å². The molecule has 0 heterocycles. The topological polar surface area (TPSA) is 22.9 Å². The maximum atomic E-state index is 5.37. The molecule has 0 bridgehead atoms. The summed E-state index contributed by atoms with van der Waals surface area (Å²) in [4.78, 5) is 3.84. The molecule has 0 radical (unpaired) electrons. The maximum absolute atomic E-state index is 5.37. The molecule has 0 aromatic heterocycles. The van der Waals surface area contributed by atoms with Crippen molar-refractivity contribution in [2.24, 2.45) is 0 Å². The highest BCUT2D eigenvalue weighted by Crippen LogP contribution is 2.36. The van der Waals surface area contributed by atoms with E-state index in [0.29, 0.717) is 0 Å². The number of ether oxygens (including phenoxy) is 2. The lowest BCUT2D eigenvalue weighted by molar-refractivity contribution is -0.872. The minimum atomic E-state index is 0.757. The third kappa shape index (κ3) is 4.16. The molecule has 112 valence electrons. The van der Waals surface area contributed by atoms with Gasteiger partial charge in [0.2, 0.25) is 0 Å². The fourth-order valence-electron chi connectivity index (χ4n) is 2.14. The molecule has 0 aliphatic heterocycles. The van der Waals surface area contributed by atoms with Crippen LogP contribution in [0, 0.1) is 0 Å². The summed E-state index contributed by atoms with van der Waals surface area (Å²) in [7, 11) is 7.64. The molecule has 0 aliphatic rings. The van der Waals surface area contributed by atoms with Crippen LogP contribution in [-0.2, 0) is 6.54 Å². The Balaban J connectivity index is 2.26. The van der Waals surface area contributed by atoms with Crippen LogP contribution in [0.2, 0.25) is 0 Å². The normalized spacial score (nSPS) is 10.7. The summed E-state index contributed by atoms with van der Waals surface area (Å²) in [6.07, 6.45) is 0. The molecule has 0 saturated heterocycles. The molecule has 0 aliphatic carbocycles. The number of nitrogens with one attached hydrogen (secondary N) is 1. The predicted octanol–water partition coefficient (Wildman–Crippen LogP) is 2.50. The number of methoxy groups -OCH3 is 2.